The van der Waals surface area contributed by atoms with E-state index in [1.165, 1.54) is 24.3 Å². The van der Waals surface area contributed by atoms with Gasteiger partial charge >= 0.3 is 6.03 Å². The Morgan fingerprint density at radius 3 is 2.35 bits per heavy atom. The average molecular weight is 428 g/mol. The number of hydrogen-bond acceptors (Lipinski definition) is 4. The number of amides is 2. The monoisotopic (exact) mass is 427 g/mol. The van der Waals surface area contributed by atoms with Crippen molar-refractivity contribution in [3.8, 4) is 5.75 Å². The molecule has 2 aromatic rings. The average Bonchev–Trinajstić information content (AvgIpc) is 2.77. The van der Waals surface area contributed by atoms with Crippen molar-refractivity contribution < 1.29 is 18.7 Å². The van der Waals surface area contributed by atoms with Crippen LogP contribution < -0.4 is 10.1 Å². The predicted molar refractivity (Wildman–Crippen MR) is 119 cm³/mol. The molecule has 1 heterocycles. The Bertz CT molecular complexity index is 863. The van der Waals surface area contributed by atoms with E-state index in [9.17, 15) is 14.0 Å². The molecule has 2 amide bonds. The molecule has 7 heteroatoms. The quantitative estimate of drug-likeness (QED) is 0.639. The number of carbonyl (C=O) groups excluding carboxylic acids is 2. The minimum atomic E-state index is -0.340. The molecule has 0 radical (unpaired) electrons. The standard InChI is InChI=1S/C24H30FN3O3/c1-3-31-22-10-8-21(9-11-22)26-24(30)27(2)16-18-12-14-28(15-13-18)17-23(29)19-4-6-20(25)7-5-19/h4-11,18H,3,12-17H2,1-2H3,(H,26,30). The lowest BCUT2D eigenvalue weighted by molar-refractivity contribution is 0.0887. The molecule has 0 unspecified atom stereocenters. The third-order valence-corrected chi connectivity index (χ3v) is 5.54. The van der Waals surface area contributed by atoms with E-state index in [1.807, 2.05) is 31.2 Å². The van der Waals surface area contributed by atoms with Crippen LogP contribution in [0.5, 0.6) is 5.75 Å². The van der Waals surface area contributed by atoms with Crippen molar-refractivity contribution in [1.82, 2.24) is 9.80 Å². The van der Waals surface area contributed by atoms with E-state index in [0.717, 1.165) is 37.4 Å². The highest BCUT2D eigenvalue weighted by molar-refractivity contribution is 5.97. The molecule has 166 valence electrons. The summed E-state index contributed by atoms with van der Waals surface area (Å²) in [5, 5.41) is 2.91. The fourth-order valence-corrected chi connectivity index (χ4v) is 3.75. The lowest BCUT2D eigenvalue weighted by Gasteiger charge is -2.33. The van der Waals surface area contributed by atoms with E-state index >= 15 is 0 Å². The van der Waals surface area contributed by atoms with Crippen LogP contribution >= 0.6 is 0 Å². The predicted octanol–water partition coefficient (Wildman–Crippen LogP) is 4.28. The number of nitrogens with zero attached hydrogens (tertiary/aromatic N) is 2. The second-order valence-electron chi connectivity index (χ2n) is 7.92. The number of rotatable bonds is 8. The molecule has 2 aromatic carbocycles. The lowest BCUT2D eigenvalue weighted by Crippen LogP contribution is -2.42. The zero-order valence-corrected chi connectivity index (χ0v) is 18.1. The topological polar surface area (TPSA) is 61.9 Å². The van der Waals surface area contributed by atoms with E-state index in [0.29, 0.717) is 31.2 Å². The van der Waals surface area contributed by atoms with Crippen molar-refractivity contribution in [3.63, 3.8) is 0 Å². The van der Waals surface area contributed by atoms with Crippen LogP contribution in [0.15, 0.2) is 48.5 Å². The lowest BCUT2D eigenvalue weighted by atomic mass is 9.96. The zero-order chi connectivity index (χ0) is 22.2. The Labute approximate surface area is 183 Å². The molecule has 1 saturated heterocycles. The number of hydrogen-bond donors (Lipinski definition) is 1. The number of ether oxygens (including phenoxy) is 1. The molecule has 1 N–H and O–H groups in total. The molecule has 0 spiro atoms. The molecular formula is C24H30FN3O3. The molecule has 1 aliphatic rings. The molecular weight excluding hydrogens is 397 g/mol. The molecule has 1 aliphatic heterocycles. The Kier molecular flexibility index (Phi) is 8.00. The van der Waals surface area contributed by atoms with Crippen molar-refractivity contribution in [3.05, 3.63) is 59.9 Å². The van der Waals surface area contributed by atoms with Crippen LogP contribution in [0, 0.1) is 11.7 Å². The summed E-state index contributed by atoms with van der Waals surface area (Å²) in [7, 11) is 1.80. The number of urea groups is 1. The zero-order valence-electron chi connectivity index (χ0n) is 18.1. The van der Waals surface area contributed by atoms with Gasteiger partial charge in [0.05, 0.1) is 13.2 Å². The number of carbonyl (C=O) groups is 2. The number of likely N-dealkylation sites (tertiary alicyclic amines) is 1. The third-order valence-electron chi connectivity index (χ3n) is 5.54. The fourth-order valence-electron chi connectivity index (χ4n) is 3.75. The van der Waals surface area contributed by atoms with E-state index in [2.05, 4.69) is 10.2 Å². The summed E-state index contributed by atoms with van der Waals surface area (Å²) in [6.45, 7) is 5.17. The van der Waals surface area contributed by atoms with Gasteiger partial charge < -0.3 is 15.0 Å². The van der Waals surface area contributed by atoms with Crippen molar-refractivity contribution >= 4 is 17.5 Å². The van der Waals surface area contributed by atoms with Crippen molar-refractivity contribution in [2.45, 2.75) is 19.8 Å². The van der Waals surface area contributed by atoms with Crippen molar-refractivity contribution in [2.75, 3.05) is 45.2 Å². The first-order valence-corrected chi connectivity index (χ1v) is 10.7. The summed E-state index contributed by atoms with van der Waals surface area (Å²) in [4.78, 5) is 28.7. The highest BCUT2D eigenvalue weighted by atomic mass is 19.1. The maximum absolute atomic E-state index is 13.0. The van der Waals surface area contributed by atoms with Gasteiger partial charge in [0.15, 0.2) is 5.78 Å². The summed E-state index contributed by atoms with van der Waals surface area (Å²) in [6.07, 6.45) is 1.86. The number of benzene rings is 2. The number of nitrogens with one attached hydrogen (secondary N) is 1. The smallest absolute Gasteiger partial charge is 0.321 e. The summed E-state index contributed by atoms with van der Waals surface area (Å²) in [5.41, 5.74) is 1.27. The van der Waals surface area contributed by atoms with Gasteiger partial charge in [0.2, 0.25) is 0 Å². The maximum atomic E-state index is 13.0. The summed E-state index contributed by atoms with van der Waals surface area (Å²) >= 11 is 0. The van der Waals surface area contributed by atoms with Crippen LogP contribution in [0.3, 0.4) is 0 Å². The second-order valence-corrected chi connectivity index (χ2v) is 7.92. The first-order chi connectivity index (χ1) is 14.9. The Morgan fingerprint density at radius 1 is 1.10 bits per heavy atom. The number of Topliss-reactive ketones (excluding diaryl/α,β-unsaturated/α-hetero) is 1. The van der Waals surface area contributed by atoms with Crippen molar-refractivity contribution in [2.24, 2.45) is 5.92 Å². The highest BCUT2D eigenvalue weighted by Crippen LogP contribution is 2.20. The summed E-state index contributed by atoms with van der Waals surface area (Å²) in [6, 6.07) is 12.9. The minimum absolute atomic E-state index is 0.00491. The largest absolute Gasteiger partial charge is 0.494 e. The van der Waals surface area contributed by atoms with Gasteiger partial charge in [-0.2, -0.15) is 0 Å². The number of ketones is 1. The second kappa shape index (κ2) is 10.9. The Morgan fingerprint density at radius 2 is 1.74 bits per heavy atom. The highest BCUT2D eigenvalue weighted by Gasteiger charge is 2.23. The molecule has 3 rings (SSSR count). The van der Waals surface area contributed by atoms with Gasteiger partial charge in [-0.1, -0.05) is 0 Å². The van der Waals surface area contributed by atoms with Crippen LogP contribution in [0.2, 0.25) is 0 Å². The van der Waals surface area contributed by atoms with Gasteiger partial charge in [-0.05, 0) is 87.3 Å². The molecule has 6 nitrogen and oxygen atoms in total. The molecule has 0 saturated carbocycles. The van der Waals surface area contributed by atoms with Crippen LogP contribution in [0.4, 0.5) is 14.9 Å². The number of halogens is 1. The summed E-state index contributed by atoms with van der Waals surface area (Å²) in [5.74, 6) is 0.838. The van der Waals surface area contributed by atoms with Gasteiger partial charge in [-0.15, -0.1) is 0 Å². The van der Waals surface area contributed by atoms with Gasteiger partial charge in [0.25, 0.3) is 0 Å². The number of piperidine rings is 1. The molecule has 1 fully saturated rings. The molecule has 0 aromatic heterocycles. The number of anilines is 1. The first kappa shape index (κ1) is 22.7. The van der Waals surface area contributed by atoms with E-state index in [1.54, 1.807) is 11.9 Å². The van der Waals surface area contributed by atoms with E-state index in [4.69, 9.17) is 4.74 Å². The van der Waals surface area contributed by atoms with Crippen LogP contribution in [0.25, 0.3) is 0 Å². The van der Waals surface area contributed by atoms with Crippen molar-refractivity contribution in [1.29, 1.82) is 0 Å². The van der Waals surface area contributed by atoms with Gasteiger partial charge in [0.1, 0.15) is 11.6 Å². The third kappa shape index (κ3) is 6.79. The van der Waals surface area contributed by atoms with Crippen LogP contribution in [-0.4, -0.2) is 61.4 Å². The maximum Gasteiger partial charge on any atom is 0.321 e. The van der Waals surface area contributed by atoms with Gasteiger partial charge in [-0.25, -0.2) is 9.18 Å². The first-order valence-electron chi connectivity index (χ1n) is 10.7. The minimum Gasteiger partial charge on any atom is -0.494 e. The SMILES string of the molecule is CCOc1ccc(NC(=O)N(C)CC2CCN(CC(=O)c3ccc(F)cc3)CC2)cc1. The molecule has 31 heavy (non-hydrogen) atoms. The molecule has 0 aliphatic carbocycles. The fraction of sp³-hybridized carbons (Fsp3) is 0.417. The Balaban J connectivity index is 1.40. The van der Waals surface area contributed by atoms with E-state index < -0.39 is 0 Å². The van der Waals surface area contributed by atoms with E-state index in [-0.39, 0.29) is 17.6 Å². The normalized spacial score (nSPS) is 14.8. The van der Waals surface area contributed by atoms with Gasteiger partial charge in [0, 0.05) is 24.8 Å². The summed E-state index contributed by atoms with van der Waals surface area (Å²) < 4.78 is 18.4. The molecule has 0 bridgehead atoms. The van der Waals surface area contributed by atoms with Crippen LogP contribution in [0.1, 0.15) is 30.1 Å². The van der Waals surface area contributed by atoms with Crippen LogP contribution in [-0.2, 0) is 0 Å². The van der Waals surface area contributed by atoms with Gasteiger partial charge in [-0.3, -0.25) is 9.69 Å². The molecule has 0 atom stereocenters. The Hall–Kier alpha value is -2.93.